The molecule has 1 unspecified atom stereocenters. The molecular weight excluding hydrogens is 637 g/mol. The summed E-state index contributed by atoms with van der Waals surface area (Å²) in [4.78, 5) is 2.34. The molecule has 0 bridgehead atoms. The molecule has 5 heteroatoms. The van der Waals surface area contributed by atoms with Gasteiger partial charge >= 0.3 is 0 Å². The second-order valence-electron chi connectivity index (χ2n) is 14.5. The maximum atomic E-state index is 15.3. The van der Waals surface area contributed by atoms with Gasteiger partial charge in [-0.1, -0.05) is 92.7 Å². The first-order valence-electron chi connectivity index (χ1n) is 17.7. The first kappa shape index (κ1) is 30.3. The molecule has 0 N–H and O–H groups in total. The number of morpholine rings is 1. The van der Waals surface area contributed by atoms with Crippen molar-refractivity contribution in [2.75, 3.05) is 31.2 Å². The predicted molar refractivity (Wildman–Crippen MR) is 203 cm³/mol. The van der Waals surface area contributed by atoms with Crippen LogP contribution in [0.5, 0.6) is 5.75 Å². The summed E-state index contributed by atoms with van der Waals surface area (Å²) < 4.78 is 43.1. The van der Waals surface area contributed by atoms with Crippen LogP contribution in [0, 0.1) is 11.6 Å². The van der Waals surface area contributed by atoms with Gasteiger partial charge in [-0.15, -0.1) is 0 Å². The van der Waals surface area contributed by atoms with Crippen LogP contribution in [0.4, 0.5) is 14.5 Å². The van der Waals surface area contributed by atoms with Crippen LogP contribution < -0.4 is 9.64 Å². The van der Waals surface area contributed by atoms with Crippen molar-refractivity contribution in [3.05, 3.63) is 161 Å². The van der Waals surface area contributed by atoms with Crippen molar-refractivity contribution >= 4 is 44.1 Å². The third-order valence-corrected chi connectivity index (χ3v) is 11.4. The number of halogens is 2. The minimum Gasteiger partial charge on any atom is -0.472 e. The lowest BCUT2D eigenvalue weighted by Gasteiger charge is -2.39. The van der Waals surface area contributed by atoms with Crippen LogP contribution in [0.15, 0.2) is 121 Å². The Morgan fingerprint density at radius 3 is 2.20 bits per heavy atom. The van der Waals surface area contributed by atoms with Crippen LogP contribution in [-0.4, -0.2) is 26.3 Å². The second kappa shape index (κ2) is 11.0. The summed E-state index contributed by atoms with van der Waals surface area (Å²) >= 11 is 0. The number of anilines is 1. The number of hydrogen-bond acceptors (Lipinski definition) is 3. The van der Waals surface area contributed by atoms with Gasteiger partial charge in [0.1, 0.15) is 17.4 Å². The molecule has 0 saturated carbocycles. The van der Waals surface area contributed by atoms with E-state index in [9.17, 15) is 4.39 Å². The number of nitrogens with zero attached hydrogens (tertiary/aromatic N) is 1. The van der Waals surface area contributed by atoms with Gasteiger partial charge < -0.3 is 14.4 Å². The molecule has 0 aromatic heterocycles. The maximum absolute atomic E-state index is 15.3. The fourth-order valence-corrected chi connectivity index (χ4v) is 8.89. The van der Waals surface area contributed by atoms with Crippen LogP contribution in [0.2, 0.25) is 0 Å². The van der Waals surface area contributed by atoms with E-state index < -0.39 is 11.0 Å². The molecule has 7 aromatic carbocycles. The fourth-order valence-electron chi connectivity index (χ4n) is 8.89. The van der Waals surface area contributed by atoms with Crippen molar-refractivity contribution in [2.24, 2.45) is 0 Å². The van der Waals surface area contributed by atoms with Gasteiger partial charge in [-0.2, -0.15) is 0 Å². The highest BCUT2D eigenvalue weighted by Gasteiger charge is 2.44. The van der Waals surface area contributed by atoms with E-state index in [-0.39, 0.29) is 11.6 Å². The topological polar surface area (TPSA) is 21.7 Å². The van der Waals surface area contributed by atoms with Gasteiger partial charge in [-0.3, -0.25) is 0 Å². The number of rotatable bonds is 3. The highest BCUT2D eigenvalue weighted by molar-refractivity contribution is 6.09. The van der Waals surface area contributed by atoms with E-state index in [2.05, 4.69) is 110 Å². The summed E-state index contributed by atoms with van der Waals surface area (Å²) in [6.07, 6.45) is 4.32. The average molecular weight is 672 g/mol. The highest BCUT2D eigenvalue weighted by Crippen LogP contribution is 2.58. The molecule has 0 radical (unpaired) electrons. The van der Waals surface area contributed by atoms with E-state index in [0.717, 1.165) is 68.5 Å². The average Bonchev–Trinajstić information content (AvgIpc) is 3.40. The Balaban J connectivity index is 1.22. The van der Waals surface area contributed by atoms with Gasteiger partial charge in [-0.05, 0) is 97.7 Å². The minimum atomic E-state index is -1.02. The zero-order valence-electron chi connectivity index (χ0n) is 28.5. The molecule has 1 saturated heterocycles. The summed E-state index contributed by atoms with van der Waals surface area (Å²) in [7, 11) is 0. The fraction of sp³-hybridized carbons (Fsp3) is 0.174. The summed E-state index contributed by atoms with van der Waals surface area (Å²) in [5.41, 5.74) is 6.41. The number of hydrogen-bond donors (Lipinski definition) is 0. The van der Waals surface area contributed by atoms with Crippen LogP contribution in [0.1, 0.15) is 41.7 Å². The van der Waals surface area contributed by atoms with Crippen molar-refractivity contribution in [3.63, 3.8) is 0 Å². The van der Waals surface area contributed by atoms with Gasteiger partial charge in [0, 0.05) is 46.3 Å². The van der Waals surface area contributed by atoms with Crippen molar-refractivity contribution in [1.29, 1.82) is 0 Å². The molecule has 2 aliphatic heterocycles. The first-order chi connectivity index (χ1) is 24.8. The van der Waals surface area contributed by atoms with E-state index in [1.807, 2.05) is 12.1 Å². The van der Waals surface area contributed by atoms with Crippen molar-refractivity contribution in [1.82, 2.24) is 0 Å². The van der Waals surface area contributed by atoms with E-state index in [1.54, 1.807) is 12.1 Å². The quantitative estimate of drug-likeness (QED) is 0.175. The lowest BCUT2D eigenvalue weighted by molar-refractivity contribution is 0.122. The molecule has 0 spiro atoms. The lowest BCUT2D eigenvalue weighted by Crippen LogP contribution is -2.37. The third kappa shape index (κ3) is 4.44. The molecule has 7 aromatic rings. The van der Waals surface area contributed by atoms with Gasteiger partial charge in [0.25, 0.3) is 0 Å². The van der Waals surface area contributed by atoms with Crippen LogP contribution in [0.3, 0.4) is 0 Å². The Morgan fingerprint density at radius 2 is 1.35 bits per heavy atom. The SMILES string of the molecule is CC1(C)c2cc(F)ccc2-c2c1c1c(c3cc(F)ccc23)OC(c2ccc(N3CCOCC3)cc2)(c2ccc3c(ccc4ccccc43)c2)C=C1. The van der Waals surface area contributed by atoms with Crippen molar-refractivity contribution in [3.8, 4) is 16.9 Å². The Kier molecular flexibility index (Phi) is 6.53. The normalized spacial score (nSPS) is 18.9. The predicted octanol–water partition coefficient (Wildman–Crippen LogP) is 10.9. The second-order valence-corrected chi connectivity index (χ2v) is 14.5. The smallest absolute Gasteiger partial charge is 0.178 e. The number of fused-ring (bicyclic) bond motifs is 11. The maximum Gasteiger partial charge on any atom is 0.178 e. The summed E-state index contributed by atoms with van der Waals surface area (Å²) in [6.45, 7) is 7.39. The molecule has 1 aliphatic carbocycles. The molecule has 0 amide bonds. The van der Waals surface area contributed by atoms with Crippen LogP contribution in [-0.2, 0) is 15.8 Å². The van der Waals surface area contributed by atoms with E-state index in [4.69, 9.17) is 9.47 Å². The molecule has 2 heterocycles. The lowest BCUT2D eigenvalue weighted by atomic mass is 9.76. The third-order valence-electron chi connectivity index (χ3n) is 11.4. The molecule has 51 heavy (non-hydrogen) atoms. The highest BCUT2D eigenvalue weighted by atomic mass is 19.1. The monoisotopic (exact) mass is 671 g/mol. The summed E-state index contributed by atoms with van der Waals surface area (Å²) in [5, 5.41) is 6.27. The van der Waals surface area contributed by atoms with E-state index in [1.165, 1.54) is 28.3 Å². The van der Waals surface area contributed by atoms with E-state index in [0.29, 0.717) is 24.3 Å². The van der Waals surface area contributed by atoms with Crippen molar-refractivity contribution in [2.45, 2.75) is 24.9 Å². The Labute approximate surface area is 295 Å². The standard InChI is InChI=1S/C46H35F2NO2/c1-45(2)41-27-33(48)13-18-38(41)42-37-17-12-32(47)26-40(37)44-39(43(42)45)19-20-46(51-44,30-9-14-34(15-10-30)49-21-23-50-24-22-49)31-11-16-36-29(25-31)8-7-28-5-3-4-6-35(28)36/h3-20,25-27H,21-24H2,1-2H3. The van der Waals surface area contributed by atoms with E-state index >= 15 is 4.39 Å². The molecule has 3 nitrogen and oxygen atoms in total. The summed E-state index contributed by atoms with van der Waals surface area (Å²) in [6, 6.07) is 38.0. The molecule has 10 rings (SSSR count). The molecule has 1 fully saturated rings. The number of ether oxygens (including phenoxy) is 2. The van der Waals surface area contributed by atoms with Crippen LogP contribution in [0.25, 0.3) is 49.5 Å². The Bertz CT molecular complexity index is 2600. The van der Waals surface area contributed by atoms with Crippen molar-refractivity contribution < 1.29 is 18.3 Å². The zero-order chi connectivity index (χ0) is 34.5. The number of benzene rings is 7. The zero-order valence-corrected chi connectivity index (χ0v) is 28.5. The molecule has 1 atom stereocenters. The summed E-state index contributed by atoms with van der Waals surface area (Å²) in [5.74, 6) is 0.0228. The van der Waals surface area contributed by atoms with Gasteiger partial charge in [0.15, 0.2) is 5.60 Å². The first-order valence-corrected chi connectivity index (χ1v) is 17.7. The van der Waals surface area contributed by atoms with Gasteiger partial charge in [0.2, 0.25) is 0 Å². The Hall–Kier alpha value is -5.52. The van der Waals surface area contributed by atoms with Crippen LogP contribution >= 0.6 is 0 Å². The Morgan fingerprint density at radius 1 is 0.647 bits per heavy atom. The van der Waals surface area contributed by atoms with Gasteiger partial charge in [-0.25, -0.2) is 8.78 Å². The minimum absolute atomic E-state index is 0.269. The largest absolute Gasteiger partial charge is 0.472 e. The molecular formula is C46H35F2NO2. The van der Waals surface area contributed by atoms with Gasteiger partial charge in [0.05, 0.1) is 13.2 Å². The molecule has 250 valence electrons. The molecule has 3 aliphatic rings.